The van der Waals surface area contributed by atoms with Crippen LogP contribution < -0.4 is 0 Å². The molecule has 0 saturated heterocycles. The van der Waals surface area contributed by atoms with Crippen molar-refractivity contribution in [1.82, 2.24) is 0 Å². The lowest BCUT2D eigenvalue weighted by molar-refractivity contribution is 0.0694. The van der Waals surface area contributed by atoms with Crippen LogP contribution in [0.5, 0.6) is 5.75 Å². The molecule has 2 N–H and O–H groups in total. The highest BCUT2D eigenvalue weighted by molar-refractivity contribution is 7.22. The summed E-state index contributed by atoms with van der Waals surface area (Å²) in [5.74, 6) is -1.33. The fourth-order valence-electron chi connectivity index (χ4n) is 1.99. The number of hydrogen-bond donors (Lipinski definition) is 2. The molecule has 0 spiro atoms. The van der Waals surface area contributed by atoms with E-state index in [9.17, 15) is 9.90 Å². The van der Waals surface area contributed by atoms with Gasteiger partial charge in [0.2, 0.25) is 0 Å². The zero-order chi connectivity index (χ0) is 13.4. The SMILES string of the molecule is O=C(O)c1ccc(-c2cc3ccccc3s2)cc1O. The topological polar surface area (TPSA) is 57.5 Å². The van der Waals surface area contributed by atoms with Gasteiger partial charge in [0.1, 0.15) is 11.3 Å². The van der Waals surface area contributed by atoms with E-state index in [-0.39, 0.29) is 11.3 Å². The lowest BCUT2D eigenvalue weighted by atomic mass is 10.1. The molecule has 1 heterocycles. The quantitative estimate of drug-likeness (QED) is 0.740. The van der Waals surface area contributed by atoms with Crippen LogP contribution in [0.1, 0.15) is 10.4 Å². The second-order valence-corrected chi connectivity index (χ2v) is 5.27. The minimum Gasteiger partial charge on any atom is -0.507 e. The standard InChI is InChI=1S/C15H10O3S/c16-12-7-10(5-6-11(12)15(17)18)14-8-9-3-1-2-4-13(9)19-14/h1-8,16H,(H,17,18). The van der Waals surface area contributed by atoms with Gasteiger partial charge in [-0.05, 0) is 35.2 Å². The van der Waals surface area contributed by atoms with Gasteiger partial charge in [-0.1, -0.05) is 24.3 Å². The summed E-state index contributed by atoms with van der Waals surface area (Å²) in [6, 6.07) is 14.7. The molecule has 0 amide bonds. The average Bonchev–Trinajstić information content (AvgIpc) is 2.81. The van der Waals surface area contributed by atoms with E-state index in [0.29, 0.717) is 0 Å². The summed E-state index contributed by atoms with van der Waals surface area (Å²) in [5, 5.41) is 19.7. The molecule has 2 aromatic carbocycles. The fourth-order valence-corrected chi connectivity index (χ4v) is 3.05. The molecule has 0 atom stereocenters. The molecule has 0 aliphatic carbocycles. The smallest absolute Gasteiger partial charge is 0.339 e. The molecule has 0 fully saturated rings. The van der Waals surface area contributed by atoms with Crippen LogP contribution in [0, 0.1) is 0 Å². The third kappa shape index (κ3) is 2.06. The summed E-state index contributed by atoms with van der Waals surface area (Å²) in [5.41, 5.74) is 0.744. The fraction of sp³-hybridized carbons (Fsp3) is 0. The van der Waals surface area contributed by atoms with Crippen LogP contribution in [0.25, 0.3) is 20.5 Å². The van der Waals surface area contributed by atoms with Gasteiger partial charge in [0.15, 0.2) is 0 Å². The van der Waals surface area contributed by atoms with Crippen LogP contribution in [0.3, 0.4) is 0 Å². The van der Waals surface area contributed by atoms with Crippen LogP contribution in [-0.2, 0) is 0 Å². The van der Waals surface area contributed by atoms with Crippen LogP contribution >= 0.6 is 11.3 Å². The first-order valence-corrected chi connectivity index (χ1v) is 6.52. The Kier molecular flexibility index (Phi) is 2.72. The van der Waals surface area contributed by atoms with E-state index in [1.807, 2.05) is 30.3 Å². The van der Waals surface area contributed by atoms with Crippen molar-refractivity contribution in [1.29, 1.82) is 0 Å². The summed E-state index contributed by atoms with van der Waals surface area (Å²) in [6.07, 6.45) is 0. The summed E-state index contributed by atoms with van der Waals surface area (Å²) >= 11 is 1.61. The van der Waals surface area contributed by atoms with Gasteiger partial charge in [-0.3, -0.25) is 0 Å². The molecular weight excluding hydrogens is 260 g/mol. The molecular formula is C15H10O3S. The van der Waals surface area contributed by atoms with Crippen molar-refractivity contribution in [3.8, 4) is 16.2 Å². The molecule has 3 aromatic rings. The Morgan fingerprint density at radius 1 is 1.05 bits per heavy atom. The van der Waals surface area contributed by atoms with Gasteiger partial charge < -0.3 is 10.2 Å². The molecule has 4 heteroatoms. The number of aromatic carboxylic acids is 1. The lowest BCUT2D eigenvalue weighted by Gasteiger charge is -2.02. The van der Waals surface area contributed by atoms with Gasteiger partial charge in [-0.25, -0.2) is 4.79 Å². The van der Waals surface area contributed by atoms with Crippen molar-refractivity contribution in [3.05, 3.63) is 54.1 Å². The number of aromatic hydroxyl groups is 1. The van der Waals surface area contributed by atoms with E-state index in [2.05, 4.69) is 0 Å². The second-order valence-electron chi connectivity index (χ2n) is 4.19. The van der Waals surface area contributed by atoms with Crippen LogP contribution in [0.2, 0.25) is 0 Å². The Labute approximate surface area is 113 Å². The summed E-state index contributed by atoms with van der Waals surface area (Å²) in [4.78, 5) is 11.9. The molecule has 0 saturated carbocycles. The Balaban J connectivity index is 2.11. The number of benzene rings is 2. The van der Waals surface area contributed by atoms with E-state index < -0.39 is 5.97 Å². The van der Waals surface area contributed by atoms with Gasteiger partial charge >= 0.3 is 5.97 Å². The van der Waals surface area contributed by atoms with Gasteiger partial charge in [-0.15, -0.1) is 11.3 Å². The van der Waals surface area contributed by atoms with Crippen molar-refractivity contribution in [2.45, 2.75) is 0 Å². The number of carboxylic acids is 1. The van der Waals surface area contributed by atoms with E-state index in [1.54, 1.807) is 17.4 Å². The maximum atomic E-state index is 10.9. The third-order valence-corrected chi connectivity index (χ3v) is 4.10. The van der Waals surface area contributed by atoms with Crippen molar-refractivity contribution in [3.63, 3.8) is 0 Å². The van der Waals surface area contributed by atoms with E-state index >= 15 is 0 Å². The number of rotatable bonds is 2. The first-order valence-electron chi connectivity index (χ1n) is 5.70. The van der Waals surface area contributed by atoms with E-state index in [0.717, 1.165) is 15.8 Å². The molecule has 0 unspecified atom stereocenters. The predicted octanol–water partition coefficient (Wildman–Crippen LogP) is 3.97. The Morgan fingerprint density at radius 3 is 2.53 bits per heavy atom. The molecule has 0 radical (unpaired) electrons. The number of hydrogen-bond acceptors (Lipinski definition) is 3. The normalized spacial score (nSPS) is 10.7. The monoisotopic (exact) mass is 270 g/mol. The first-order chi connectivity index (χ1) is 9.15. The maximum Gasteiger partial charge on any atom is 0.339 e. The van der Waals surface area contributed by atoms with E-state index in [4.69, 9.17) is 5.11 Å². The highest BCUT2D eigenvalue weighted by atomic mass is 32.1. The van der Waals surface area contributed by atoms with Crippen molar-refractivity contribution in [2.75, 3.05) is 0 Å². The summed E-state index contributed by atoms with van der Waals surface area (Å²) < 4.78 is 1.17. The van der Waals surface area contributed by atoms with Gasteiger partial charge in [-0.2, -0.15) is 0 Å². The molecule has 1 aromatic heterocycles. The third-order valence-electron chi connectivity index (χ3n) is 2.94. The van der Waals surface area contributed by atoms with Crippen LogP contribution in [0.15, 0.2) is 48.5 Å². The molecule has 3 rings (SSSR count). The van der Waals surface area contributed by atoms with Gasteiger partial charge in [0.25, 0.3) is 0 Å². The zero-order valence-corrected chi connectivity index (χ0v) is 10.6. The Bertz CT molecular complexity index is 741. The Hall–Kier alpha value is -2.33. The lowest BCUT2D eigenvalue weighted by Crippen LogP contribution is -1.96. The number of phenols is 1. The Morgan fingerprint density at radius 2 is 1.84 bits per heavy atom. The van der Waals surface area contributed by atoms with E-state index in [1.165, 1.54) is 16.8 Å². The molecule has 0 bridgehead atoms. The molecule has 3 nitrogen and oxygen atoms in total. The maximum absolute atomic E-state index is 10.9. The summed E-state index contributed by atoms with van der Waals surface area (Å²) in [7, 11) is 0. The van der Waals surface area contributed by atoms with Crippen molar-refractivity contribution >= 4 is 27.4 Å². The predicted molar refractivity (Wildman–Crippen MR) is 75.9 cm³/mol. The van der Waals surface area contributed by atoms with Crippen LogP contribution in [0.4, 0.5) is 0 Å². The average molecular weight is 270 g/mol. The van der Waals surface area contributed by atoms with Gasteiger partial charge in [0.05, 0.1) is 0 Å². The highest BCUT2D eigenvalue weighted by Crippen LogP contribution is 2.35. The van der Waals surface area contributed by atoms with Crippen molar-refractivity contribution < 1.29 is 15.0 Å². The molecule has 94 valence electrons. The first kappa shape index (κ1) is 11.7. The highest BCUT2D eigenvalue weighted by Gasteiger charge is 2.11. The van der Waals surface area contributed by atoms with Gasteiger partial charge in [0, 0.05) is 9.58 Å². The molecule has 19 heavy (non-hydrogen) atoms. The van der Waals surface area contributed by atoms with Crippen LogP contribution in [-0.4, -0.2) is 16.2 Å². The van der Waals surface area contributed by atoms with Crippen molar-refractivity contribution in [2.24, 2.45) is 0 Å². The number of thiophene rings is 1. The minimum atomic E-state index is -1.12. The number of carboxylic acid groups (broad SMARTS) is 1. The molecule has 0 aliphatic heterocycles. The number of carbonyl (C=O) groups is 1. The largest absolute Gasteiger partial charge is 0.507 e. The molecule has 0 aliphatic rings. The minimum absolute atomic E-state index is 0.0788. The number of fused-ring (bicyclic) bond motifs is 1. The summed E-state index contributed by atoms with van der Waals surface area (Å²) in [6.45, 7) is 0. The second kappa shape index (κ2) is 4.40. The zero-order valence-electron chi connectivity index (χ0n) is 9.83.